The molecule has 0 saturated carbocycles. The molecule has 0 saturated heterocycles. The predicted molar refractivity (Wildman–Crippen MR) is 55.7 cm³/mol. The summed E-state index contributed by atoms with van der Waals surface area (Å²) in [7, 11) is 0. The number of rotatable bonds is 3. The van der Waals surface area contributed by atoms with Crippen molar-refractivity contribution in [2.75, 3.05) is 0 Å². The quantitative estimate of drug-likeness (QED) is 0.788. The zero-order valence-corrected chi connectivity index (χ0v) is 8.87. The zero-order valence-electron chi connectivity index (χ0n) is 8.87. The Labute approximate surface area is 84.6 Å². The van der Waals surface area contributed by atoms with Gasteiger partial charge in [0.25, 0.3) is 0 Å². The minimum Gasteiger partial charge on any atom is -0.393 e. The third kappa shape index (κ3) is 2.55. The molecule has 0 radical (unpaired) electrons. The molecule has 0 aliphatic carbocycles. The number of hydrogen-bond donors (Lipinski definition) is 1. The van der Waals surface area contributed by atoms with Crippen molar-refractivity contribution in [1.82, 2.24) is 0 Å². The topological polar surface area (TPSA) is 20.2 Å². The first-order valence-corrected chi connectivity index (χ1v) is 4.96. The fourth-order valence-corrected chi connectivity index (χ4v) is 1.91. The van der Waals surface area contributed by atoms with Crippen LogP contribution in [-0.2, 0) is 0 Å². The summed E-state index contributed by atoms with van der Waals surface area (Å²) >= 11 is 0. The molecule has 0 heterocycles. The first-order chi connectivity index (χ1) is 6.52. The summed E-state index contributed by atoms with van der Waals surface area (Å²) in [6.45, 7) is 5.88. The fourth-order valence-electron chi connectivity index (χ4n) is 1.91. The molecule has 2 atom stereocenters. The molecule has 0 fully saturated rings. The molecule has 0 aliphatic rings. The molecule has 14 heavy (non-hydrogen) atoms. The summed E-state index contributed by atoms with van der Waals surface area (Å²) in [5.74, 6) is 0.193. The van der Waals surface area contributed by atoms with Gasteiger partial charge in [-0.25, -0.2) is 4.39 Å². The lowest BCUT2D eigenvalue weighted by Crippen LogP contribution is -2.19. The van der Waals surface area contributed by atoms with E-state index in [1.54, 1.807) is 19.1 Å². The number of hydrogen-bond acceptors (Lipinski definition) is 1. The van der Waals surface area contributed by atoms with Gasteiger partial charge >= 0.3 is 0 Å². The van der Waals surface area contributed by atoms with Crippen LogP contribution in [0.5, 0.6) is 0 Å². The van der Waals surface area contributed by atoms with Crippen LogP contribution in [0.25, 0.3) is 0 Å². The molecule has 2 heteroatoms. The summed E-state index contributed by atoms with van der Waals surface area (Å²) in [5, 5.41) is 9.61. The van der Waals surface area contributed by atoms with Crippen molar-refractivity contribution < 1.29 is 9.50 Å². The first-order valence-electron chi connectivity index (χ1n) is 4.96. The van der Waals surface area contributed by atoms with E-state index in [0.717, 1.165) is 5.56 Å². The van der Waals surface area contributed by atoms with E-state index >= 15 is 0 Å². The Morgan fingerprint density at radius 3 is 1.93 bits per heavy atom. The minimum atomic E-state index is -0.402. The Morgan fingerprint density at radius 1 is 1.07 bits per heavy atom. The summed E-state index contributed by atoms with van der Waals surface area (Å²) < 4.78 is 12.7. The Balaban J connectivity index is 2.94. The number of aliphatic hydroxyl groups is 1. The zero-order chi connectivity index (χ0) is 10.7. The Morgan fingerprint density at radius 2 is 1.57 bits per heavy atom. The molecule has 0 amide bonds. The van der Waals surface area contributed by atoms with Crippen LogP contribution in [0.3, 0.4) is 0 Å². The van der Waals surface area contributed by atoms with E-state index < -0.39 is 6.10 Å². The molecule has 0 aliphatic heterocycles. The second kappa shape index (κ2) is 4.56. The van der Waals surface area contributed by atoms with Crippen molar-refractivity contribution >= 4 is 0 Å². The van der Waals surface area contributed by atoms with Crippen molar-refractivity contribution in [2.45, 2.75) is 32.8 Å². The molecule has 1 aromatic rings. The van der Waals surface area contributed by atoms with Gasteiger partial charge in [0.05, 0.1) is 6.10 Å². The van der Waals surface area contributed by atoms with E-state index in [0.29, 0.717) is 5.92 Å². The standard InChI is InChI=1S/C12H17FO/c1-8(2)12(9(3)14)10-4-6-11(13)7-5-10/h4-9,12,14H,1-3H3. The molecule has 0 aromatic heterocycles. The predicted octanol–water partition coefficient (Wildman–Crippen LogP) is 2.95. The van der Waals surface area contributed by atoms with Crippen LogP contribution in [-0.4, -0.2) is 11.2 Å². The molecule has 78 valence electrons. The molecule has 1 nitrogen and oxygen atoms in total. The van der Waals surface area contributed by atoms with Crippen molar-refractivity contribution in [2.24, 2.45) is 5.92 Å². The molecule has 0 bridgehead atoms. The van der Waals surface area contributed by atoms with Crippen molar-refractivity contribution in [1.29, 1.82) is 0 Å². The molecule has 1 rings (SSSR count). The monoisotopic (exact) mass is 196 g/mol. The molecular weight excluding hydrogens is 179 g/mol. The third-order valence-electron chi connectivity index (χ3n) is 2.49. The van der Waals surface area contributed by atoms with Crippen LogP contribution in [0.1, 0.15) is 32.3 Å². The van der Waals surface area contributed by atoms with Crippen molar-refractivity contribution in [3.8, 4) is 0 Å². The van der Waals surface area contributed by atoms with Gasteiger partial charge in [0.1, 0.15) is 5.82 Å². The Bertz CT molecular complexity index is 269. The highest BCUT2D eigenvalue weighted by atomic mass is 19.1. The van der Waals surface area contributed by atoms with E-state index in [1.807, 2.05) is 0 Å². The van der Waals surface area contributed by atoms with Gasteiger partial charge in [-0.3, -0.25) is 0 Å². The van der Waals surface area contributed by atoms with Gasteiger partial charge in [-0.05, 0) is 30.5 Å². The summed E-state index contributed by atoms with van der Waals surface area (Å²) in [6, 6.07) is 6.36. The second-order valence-electron chi connectivity index (χ2n) is 4.06. The smallest absolute Gasteiger partial charge is 0.123 e. The summed E-state index contributed by atoms with van der Waals surface area (Å²) in [4.78, 5) is 0. The van der Waals surface area contributed by atoms with E-state index in [1.165, 1.54) is 12.1 Å². The molecular formula is C12H17FO. The van der Waals surface area contributed by atoms with Gasteiger partial charge in [-0.2, -0.15) is 0 Å². The van der Waals surface area contributed by atoms with Gasteiger partial charge in [0, 0.05) is 5.92 Å². The summed E-state index contributed by atoms with van der Waals surface area (Å²) in [5.41, 5.74) is 0.997. The van der Waals surface area contributed by atoms with Crippen LogP contribution < -0.4 is 0 Å². The lowest BCUT2D eigenvalue weighted by molar-refractivity contribution is 0.140. The number of aliphatic hydroxyl groups excluding tert-OH is 1. The fraction of sp³-hybridized carbons (Fsp3) is 0.500. The lowest BCUT2D eigenvalue weighted by atomic mass is 9.84. The first kappa shape index (κ1) is 11.2. The van der Waals surface area contributed by atoms with Crippen molar-refractivity contribution in [3.63, 3.8) is 0 Å². The highest BCUT2D eigenvalue weighted by molar-refractivity contribution is 5.21. The van der Waals surface area contributed by atoms with Gasteiger partial charge in [-0.1, -0.05) is 26.0 Å². The highest BCUT2D eigenvalue weighted by Crippen LogP contribution is 2.27. The van der Waals surface area contributed by atoms with E-state index in [4.69, 9.17) is 0 Å². The molecule has 0 spiro atoms. The third-order valence-corrected chi connectivity index (χ3v) is 2.49. The maximum Gasteiger partial charge on any atom is 0.123 e. The second-order valence-corrected chi connectivity index (χ2v) is 4.06. The van der Waals surface area contributed by atoms with Crippen LogP contribution in [0, 0.1) is 11.7 Å². The normalized spacial score (nSPS) is 15.6. The SMILES string of the molecule is CC(C)C(c1ccc(F)cc1)C(C)O. The van der Waals surface area contributed by atoms with E-state index in [9.17, 15) is 9.50 Å². The molecule has 2 unspecified atom stereocenters. The Kier molecular flexibility index (Phi) is 3.64. The van der Waals surface area contributed by atoms with Gasteiger partial charge < -0.3 is 5.11 Å². The average molecular weight is 196 g/mol. The maximum absolute atomic E-state index is 12.7. The molecule has 1 N–H and O–H groups in total. The Hall–Kier alpha value is -0.890. The van der Waals surface area contributed by atoms with E-state index in [-0.39, 0.29) is 11.7 Å². The van der Waals surface area contributed by atoms with Crippen LogP contribution >= 0.6 is 0 Å². The van der Waals surface area contributed by atoms with Gasteiger partial charge in [0.2, 0.25) is 0 Å². The van der Waals surface area contributed by atoms with Gasteiger partial charge in [0.15, 0.2) is 0 Å². The lowest BCUT2D eigenvalue weighted by Gasteiger charge is -2.24. The summed E-state index contributed by atoms with van der Waals surface area (Å²) in [6.07, 6.45) is -0.402. The number of benzene rings is 1. The van der Waals surface area contributed by atoms with Crippen LogP contribution in [0.2, 0.25) is 0 Å². The van der Waals surface area contributed by atoms with Gasteiger partial charge in [-0.15, -0.1) is 0 Å². The van der Waals surface area contributed by atoms with Crippen LogP contribution in [0.4, 0.5) is 4.39 Å². The largest absolute Gasteiger partial charge is 0.393 e. The molecule has 1 aromatic carbocycles. The van der Waals surface area contributed by atoms with E-state index in [2.05, 4.69) is 13.8 Å². The van der Waals surface area contributed by atoms with Crippen LogP contribution in [0.15, 0.2) is 24.3 Å². The number of halogens is 1. The highest BCUT2D eigenvalue weighted by Gasteiger charge is 2.20. The minimum absolute atomic E-state index is 0.0793. The average Bonchev–Trinajstić information content (AvgIpc) is 2.07. The maximum atomic E-state index is 12.7. The van der Waals surface area contributed by atoms with Crippen molar-refractivity contribution in [3.05, 3.63) is 35.6 Å².